The SMILES string of the molecule is CC(C)=CCCCCCOCC(=O)c1ccccc1. The van der Waals surface area contributed by atoms with Crippen LogP contribution in [-0.4, -0.2) is 19.0 Å². The fourth-order valence-corrected chi connectivity index (χ4v) is 1.79. The first kappa shape index (κ1) is 15.6. The molecule has 0 saturated carbocycles. The van der Waals surface area contributed by atoms with Gasteiger partial charge in [-0.05, 0) is 33.1 Å². The number of carbonyl (C=O) groups is 1. The minimum Gasteiger partial charge on any atom is -0.373 e. The van der Waals surface area contributed by atoms with Gasteiger partial charge >= 0.3 is 0 Å². The summed E-state index contributed by atoms with van der Waals surface area (Å²) < 4.78 is 5.41. The maximum atomic E-state index is 11.7. The zero-order valence-corrected chi connectivity index (χ0v) is 12.0. The normalized spacial score (nSPS) is 10.2. The standard InChI is InChI=1S/C17H24O2/c1-15(2)10-6-3-4-9-13-19-14-17(18)16-11-7-5-8-12-16/h5,7-8,10-12H,3-4,6,9,13-14H2,1-2H3. The molecule has 0 N–H and O–H groups in total. The fraction of sp³-hybridized carbons (Fsp3) is 0.471. The molecule has 0 unspecified atom stereocenters. The van der Waals surface area contributed by atoms with Crippen LogP contribution in [0.25, 0.3) is 0 Å². The highest BCUT2D eigenvalue weighted by molar-refractivity contribution is 5.96. The first-order valence-electron chi connectivity index (χ1n) is 6.99. The fourth-order valence-electron chi connectivity index (χ4n) is 1.79. The Morgan fingerprint density at radius 2 is 1.84 bits per heavy atom. The lowest BCUT2D eigenvalue weighted by Gasteiger charge is -2.03. The summed E-state index contributed by atoms with van der Waals surface area (Å²) in [5.41, 5.74) is 2.11. The molecule has 0 fully saturated rings. The van der Waals surface area contributed by atoms with Gasteiger partial charge in [-0.1, -0.05) is 48.4 Å². The topological polar surface area (TPSA) is 26.3 Å². The van der Waals surface area contributed by atoms with Crippen LogP contribution in [0.15, 0.2) is 42.0 Å². The van der Waals surface area contributed by atoms with Crippen LogP contribution < -0.4 is 0 Å². The van der Waals surface area contributed by atoms with E-state index in [9.17, 15) is 4.79 Å². The number of allylic oxidation sites excluding steroid dienone is 2. The van der Waals surface area contributed by atoms with E-state index >= 15 is 0 Å². The number of unbranched alkanes of at least 4 members (excludes halogenated alkanes) is 3. The minimum atomic E-state index is 0.0603. The van der Waals surface area contributed by atoms with Gasteiger partial charge in [-0.15, -0.1) is 0 Å². The average Bonchev–Trinajstić information content (AvgIpc) is 2.42. The van der Waals surface area contributed by atoms with E-state index in [2.05, 4.69) is 19.9 Å². The van der Waals surface area contributed by atoms with Crippen LogP contribution in [0, 0.1) is 0 Å². The van der Waals surface area contributed by atoms with Crippen LogP contribution in [0.1, 0.15) is 49.9 Å². The van der Waals surface area contributed by atoms with Gasteiger partial charge in [0.05, 0.1) is 0 Å². The lowest BCUT2D eigenvalue weighted by Crippen LogP contribution is -2.09. The smallest absolute Gasteiger partial charge is 0.188 e. The van der Waals surface area contributed by atoms with Crippen LogP contribution in [0.3, 0.4) is 0 Å². The Kier molecular flexibility index (Phi) is 7.83. The molecule has 0 heterocycles. The van der Waals surface area contributed by atoms with Gasteiger partial charge in [-0.25, -0.2) is 0 Å². The van der Waals surface area contributed by atoms with E-state index in [1.165, 1.54) is 12.0 Å². The molecular formula is C17H24O2. The molecule has 104 valence electrons. The van der Waals surface area contributed by atoms with Crippen molar-refractivity contribution in [2.75, 3.05) is 13.2 Å². The number of hydrogen-bond donors (Lipinski definition) is 0. The molecule has 0 atom stereocenters. The Morgan fingerprint density at radius 1 is 1.11 bits per heavy atom. The molecule has 0 spiro atoms. The highest BCUT2D eigenvalue weighted by Gasteiger charge is 2.04. The molecule has 2 heteroatoms. The first-order valence-corrected chi connectivity index (χ1v) is 6.99. The van der Waals surface area contributed by atoms with Crippen LogP contribution in [0.4, 0.5) is 0 Å². The van der Waals surface area contributed by atoms with Crippen LogP contribution in [0.2, 0.25) is 0 Å². The maximum Gasteiger partial charge on any atom is 0.188 e. The van der Waals surface area contributed by atoms with Gasteiger partial charge in [0.15, 0.2) is 5.78 Å². The molecule has 1 rings (SSSR count). The summed E-state index contributed by atoms with van der Waals surface area (Å²) in [4.78, 5) is 11.7. The molecule has 1 aromatic rings. The zero-order valence-electron chi connectivity index (χ0n) is 12.0. The molecule has 0 radical (unpaired) electrons. The van der Waals surface area contributed by atoms with Gasteiger partial charge in [-0.3, -0.25) is 4.79 Å². The third-order valence-corrected chi connectivity index (χ3v) is 2.87. The lowest BCUT2D eigenvalue weighted by atomic mass is 10.1. The summed E-state index contributed by atoms with van der Waals surface area (Å²) in [6.07, 6.45) is 6.79. The predicted octanol–water partition coefficient (Wildman–Crippen LogP) is 4.41. The third kappa shape index (κ3) is 7.58. The molecule has 19 heavy (non-hydrogen) atoms. The van der Waals surface area contributed by atoms with Crippen molar-refractivity contribution in [3.8, 4) is 0 Å². The Balaban J connectivity index is 2.02. The van der Waals surface area contributed by atoms with Gasteiger partial charge in [0, 0.05) is 12.2 Å². The quantitative estimate of drug-likeness (QED) is 0.373. The van der Waals surface area contributed by atoms with Gasteiger partial charge < -0.3 is 4.74 Å². The van der Waals surface area contributed by atoms with Crippen LogP contribution >= 0.6 is 0 Å². The van der Waals surface area contributed by atoms with E-state index in [1.54, 1.807) is 0 Å². The summed E-state index contributed by atoms with van der Waals surface area (Å²) in [5, 5.41) is 0. The van der Waals surface area contributed by atoms with Crippen molar-refractivity contribution in [1.29, 1.82) is 0 Å². The number of Topliss-reactive ketones (excluding diaryl/α,β-unsaturated/α-hetero) is 1. The van der Waals surface area contributed by atoms with Crippen LogP contribution in [-0.2, 0) is 4.74 Å². The van der Waals surface area contributed by atoms with Crippen LogP contribution in [0.5, 0.6) is 0 Å². The molecule has 0 aliphatic heterocycles. The number of ether oxygens (including phenoxy) is 1. The van der Waals surface area contributed by atoms with Crippen molar-refractivity contribution >= 4 is 5.78 Å². The first-order chi connectivity index (χ1) is 9.20. The molecule has 0 bridgehead atoms. The second-order valence-electron chi connectivity index (χ2n) is 4.97. The molecular weight excluding hydrogens is 236 g/mol. The molecule has 0 aliphatic rings. The Morgan fingerprint density at radius 3 is 2.53 bits per heavy atom. The number of hydrogen-bond acceptors (Lipinski definition) is 2. The highest BCUT2D eigenvalue weighted by atomic mass is 16.5. The minimum absolute atomic E-state index is 0.0603. The monoisotopic (exact) mass is 260 g/mol. The van der Waals surface area contributed by atoms with Crippen molar-refractivity contribution < 1.29 is 9.53 Å². The van der Waals surface area contributed by atoms with Crippen molar-refractivity contribution in [3.05, 3.63) is 47.5 Å². The van der Waals surface area contributed by atoms with E-state index in [0.29, 0.717) is 6.61 Å². The summed E-state index contributed by atoms with van der Waals surface area (Å²) in [7, 11) is 0. The van der Waals surface area contributed by atoms with Crippen molar-refractivity contribution in [2.45, 2.75) is 39.5 Å². The van der Waals surface area contributed by atoms with E-state index in [4.69, 9.17) is 4.74 Å². The number of rotatable bonds is 9. The maximum absolute atomic E-state index is 11.7. The Bertz CT molecular complexity index is 389. The number of ketones is 1. The van der Waals surface area contributed by atoms with Gasteiger partial charge in [0.1, 0.15) is 6.61 Å². The largest absolute Gasteiger partial charge is 0.373 e. The summed E-state index contributed by atoms with van der Waals surface area (Å²) in [5.74, 6) is 0.0603. The van der Waals surface area contributed by atoms with Gasteiger partial charge in [-0.2, -0.15) is 0 Å². The van der Waals surface area contributed by atoms with E-state index in [0.717, 1.165) is 24.8 Å². The molecule has 0 saturated heterocycles. The number of carbonyl (C=O) groups excluding carboxylic acids is 1. The summed E-state index contributed by atoms with van der Waals surface area (Å²) >= 11 is 0. The Labute approximate surface area is 116 Å². The molecule has 0 aromatic heterocycles. The van der Waals surface area contributed by atoms with Crippen molar-refractivity contribution in [3.63, 3.8) is 0 Å². The third-order valence-electron chi connectivity index (χ3n) is 2.87. The summed E-state index contributed by atoms with van der Waals surface area (Å²) in [6.45, 7) is 5.11. The van der Waals surface area contributed by atoms with E-state index in [1.807, 2.05) is 30.3 Å². The molecule has 1 aromatic carbocycles. The van der Waals surface area contributed by atoms with E-state index < -0.39 is 0 Å². The lowest BCUT2D eigenvalue weighted by molar-refractivity contribution is 0.0752. The molecule has 2 nitrogen and oxygen atoms in total. The highest BCUT2D eigenvalue weighted by Crippen LogP contribution is 2.04. The molecule has 0 aliphatic carbocycles. The number of benzene rings is 1. The average molecular weight is 260 g/mol. The molecule has 0 amide bonds. The van der Waals surface area contributed by atoms with Crippen molar-refractivity contribution in [1.82, 2.24) is 0 Å². The second-order valence-corrected chi connectivity index (χ2v) is 4.97. The van der Waals surface area contributed by atoms with Gasteiger partial charge in [0.25, 0.3) is 0 Å². The predicted molar refractivity (Wildman–Crippen MR) is 79.5 cm³/mol. The van der Waals surface area contributed by atoms with E-state index in [-0.39, 0.29) is 12.4 Å². The Hall–Kier alpha value is -1.41. The second kappa shape index (κ2) is 9.51. The summed E-state index contributed by atoms with van der Waals surface area (Å²) in [6, 6.07) is 9.30. The van der Waals surface area contributed by atoms with Gasteiger partial charge in [0.2, 0.25) is 0 Å². The van der Waals surface area contributed by atoms with Crippen molar-refractivity contribution in [2.24, 2.45) is 0 Å². The zero-order chi connectivity index (χ0) is 13.9.